The summed E-state index contributed by atoms with van der Waals surface area (Å²) < 4.78 is 14.7. The van der Waals surface area contributed by atoms with Gasteiger partial charge in [0.15, 0.2) is 0 Å². The molecule has 0 aliphatic heterocycles. The van der Waals surface area contributed by atoms with Crippen LogP contribution in [0.4, 0.5) is 10.1 Å². The summed E-state index contributed by atoms with van der Waals surface area (Å²) in [5.74, 6) is -0.631. The molecule has 6 nitrogen and oxygen atoms in total. The molecule has 0 spiro atoms. The zero-order valence-electron chi connectivity index (χ0n) is 10.4. The minimum Gasteiger partial charge on any atom is -0.342 e. The summed E-state index contributed by atoms with van der Waals surface area (Å²) in [6.07, 6.45) is 2.49. The minimum atomic E-state index is -0.769. The molecule has 0 N–H and O–H groups in total. The van der Waals surface area contributed by atoms with Crippen LogP contribution in [-0.4, -0.2) is 9.49 Å². The van der Waals surface area contributed by atoms with Gasteiger partial charge in [0.05, 0.1) is 21.2 Å². The lowest BCUT2D eigenvalue weighted by Crippen LogP contribution is -2.13. The lowest BCUT2D eigenvalue weighted by Gasteiger charge is -2.07. The zero-order valence-corrected chi connectivity index (χ0v) is 12.0. The standard InChI is InChI=1S/C13H7BrFN3O3/c14-10-6-17(7-12(13(10)19)18(20)21)5-8-1-2-11(15)9(3-8)4-16/h1-3,6-7H,5H2. The molecule has 1 heterocycles. The summed E-state index contributed by atoms with van der Waals surface area (Å²) in [5.41, 5.74) is -0.806. The van der Waals surface area contributed by atoms with E-state index in [1.54, 1.807) is 6.07 Å². The van der Waals surface area contributed by atoms with Gasteiger partial charge in [-0.25, -0.2) is 4.39 Å². The van der Waals surface area contributed by atoms with Crippen molar-refractivity contribution in [2.45, 2.75) is 6.54 Å². The Bertz CT molecular complexity index is 826. The third-order valence-electron chi connectivity index (χ3n) is 2.73. The average Bonchev–Trinajstić information content (AvgIpc) is 2.44. The molecular weight excluding hydrogens is 345 g/mol. The van der Waals surface area contributed by atoms with Gasteiger partial charge in [0, 0.05) is 12.7 Å². The Kier molecular flexibility index (Phi) is 4.14. The van der Waals surface area contributed by atoms with Gasteiger partial charge in [-0.2, -0.15) is 5.26 Å². The number of benzene rings is 1. The molecule has 0 atom stereocenters. The number of nitrogens with zero attached hydrogens (tertiary/aromatic N) is 3. The van der Waals surface area contributed by atoms with Gasteiger partial charge in [-0.3, -0.25) is 14.9 Å². The highest BCUT2D eigenvalue weighted by Crippen LogP contribution is 2.15. The van der Waals surface area contributed by atoms with Gasteiger partial charge in [0.1, 0.15) is 11.9 Å². The van der Waals surface area contributed by atoms with E-state index >= 15 is 0 Å². The predicted molar refractivity (Wildman–Crippen MR) is 75.3 cm³/mol. The van der Waals surface area contributed by atoms with Crippen molar-refractivity contribution in [2.75, 3.05) is 0 Å². The minimum absolute atomic E-state index is 0.0549. The molecule has 0 aliphatic carbocycles. The Balaban J connectivity index is 2.43. The maximum Gasteiger partial charge on any atom is 0.333 e. The molecule has 0 fully saturated rings. The van der Waals surface area contributed by atoms with E-state index < -0.39 is 21.9 Å². The highest BCUT2D eigenvalue weighted by molar-refractivity contribution is 9.10. The fraction of sp³-hybridized carbons (Fsp3) is 0.0769. The average molecular weight is 352 g/mol. The van der Waals surface area contributed by atoms with Crippen LogP contribution >= 0.6 is 15.9 Å². The fourth-order valence-corrected chi connectivity index (χ4v) is 2.23. The van der Waals surface area contributed by atoms with Crippen LogP contribution in [0.25, 0.3) is 0 Å². The topological polar surface area (TPSA) is 88.9 Å². The highest BCUT2D eigenvalue weighted by atomic mass is 79.9. The number of hydrogen-bond acceptors (Lipinski definition) is 4. The predicted octanol–water partition coefficient (Wildman–Crippen LogP) is 2.58. The highest BCUT2D eigenvalue weighted by Gasteiger charge is 2.16. The maximum atomic E-state index is 13.2. The van der Waals surface area contributed by atoms with Gasteiger partial charge in [-0.15, -0.1) is 0 Å². The Morgan fingerprint density at radius 2 is 2.14 bits per heavy atom. The van der Waals surface area contributed by atoms with Gasteiger partial charge < -0.3 is 4.57 Å². The van der Waals surface area contributed by atoms with E-state index in [9.17, 15) is 19.3 Å². The monoisotopic (exact) mass is 351 g/mol. The molecule has 0 unspecified atom stereocenters. The molecule has 0 amide bonds. The molecule has 21 heavy (non-hydrogen) atoms. The van der Waals surface area contributed by atoms with Crippen LogP contribution in [0.5, 0.6) is 0 Å². The second-order valence-electron chi connectivity index (χ2n) is 4.18. The fourth-order valence-electron chi connectivity index (χ4n) is 1.77. The summed E-state index contributed by atoms with van der Waals surface area (Å²) in [7, 11) is 0. The van der Waals surface area contributed by atoms with Gasteiger partial charge in [0.2, 0.25) is 0 Å². The zero-order chi connectivity index (χ0) is 15.6. The van der Waals surface area contributed by atoms with Crippen LogP contribution in [0, 0.1) is 27.3 Å². The summed E-state index contributed by atoms with van der Waals surface area (Å²) in [6.45, 7) is 0.161. The first kappa shape index (κ1) is 14.9. The first-order chi connectivity index (χ1) is 9.92. The van der Waals surface area contributed by atoms with E-state index in [0.29, 0.717) is 5.56 Å². The Hall–Kier alpha value is -2.53. The number of aromatic nitrogens is 1. The first-order valence-electron chi connectivity index (χ1n) is 5.65. The van der Waals surface area contributed by atoms with Crippen molar-refractivity contribution < 1.29 is 9.31 Å². The largest absolute Gasteiger partial charge is 0.342 e. The Labute approximate surface area is 126 Å². The number of halogens is 2. The first-order valence-corrected chi connectivity index (χ1v) is 6.44. The van der Waals surface area contributed by atoms with Crippen LogP contribution in [0.2, 0.25) is 0 Å². The van der Waals surface area contributed by atoms with Crippen LogP contribution in [0.1, 0.15) is 11.1 Å². The molecule has 0 saturated heterocycles. The van der Waals surface area contributed by atoms with Crippen molar-refractivity contribution in [1.29, 1.82) is 5.26 Å². The van der Waals surface area contributed by atoms with Crippen molar-refractivity contribution in [1.82, 2.24) is 4.57 Å². The molecule has 106 valence electrons. The lowest BCUT2D eigenvalue weighted by atomic mass is 10.1. The molecule has 0 aliphatic rings. The van der Waals surface area contributed by atoms with E-state index in [4.69, 9.17) is 5.26 Å². The molecule has 2 aromatic rings. The van der Waals surface area contributed by atoms with Gasteiger partial charge in [-0.1, -0.05) is 6.07 Å². The molecule has 0 bridgehead atoms. The van der Waals surface area contributed by atoms with E-state index in [1.165, 1.54) is 22.9 Å². The summed E-state index contributed by atoms with van der Waals surface area (Å²) >= 11 is 2.97. The Morgan fingerprint density at radius 1 is 1.43 bits per heavy atom. The van der Waals surface area contributed by atoms with E-state index in [-0.39, 0.29) is 16.6 Å². The van der Waals surface area contributed by atoms with Gasteiger partial charge >= 0.3 is 5.69 Å². The van der Waals surface area contributed by atoms with E-state index in [0.717, 1.165) is 12.3 Å². The normalized spacial score (nSPS) is 10.1. The van der Waals surface area contributed by atoms with Crippen molar-refractivity contribution >= 4 is 21.6 Å². The molecule has 0 radical (unpaired) electrons. The Morgan fingerprint density at radius 3 is 2.76 bits per heavy atom. The number of pyridine rings is 1. The number of nitro groups is 1. The molecule has 1 aromatic heterocycles. The van der Waals surface area contributed by atoms with Crippen LogP contribution in [-0.2, 0) is 6.54 Å². The van der Waals surface area contributed by atoms with Crippen LogP contribution < -0.4 is 5.43 Å². The van der Waals surface area contributed by atoms with Crippen LogP contribution in [0.3, 0.4) is 0 Å². The SMILES string of the molecule is N#Cc1cc(Cn2cc(Br)c(=O)c([N+](=O)[O-])c2)ccc1F. The van der Waals surface area contributed by atoms with Gasteiger partial charge in [0.25, 0.3) is 5.43 Å². The smallest absolute Gasteiger partial charge is 0.333 e. The summed E-state index contributed by atoms with van der Waals surface area (Å²) in [6, 6.07) is 5.69. The number of nitriles is 1. The van der Waals surface area contributed by atoms with Crippen molar-refractivity contribution in [3.05, 3.63) is 72.3 Å². The summed E-state index contributed by atoms with van der Waals surface area (Å²) in [4.78, 5) is 21.6. The van der Waals surface area contributed by atoms with Crippen molar-refractivity contribution in [2.24, 2.45) is 0 Å². The maximum absolute atomic E-state index is 13.2. The molecule has 8 heteroatoms. The molecule has 0 saturated carbocycles. The van der Waals surface area contributed by atoms with E-state index in [2.05, 4.69) is 15.9 Å². The lowest BCUT2D eigenvalue weighted by molar-refractivity contribution is -0.386. The third-order valence-corrected chi connectivity index (χ3v) is 3.29. The second kappa shape index (κ2) is 5.85. The number of hydrogen-bond donors (Lipinski definition) is 0. The summed E-state index contributed by atoms with van der Waals surface area (Å²) in [5, 5.41) is 19.6. The van der Waals surface area contributed by atoms with E-state index in [1.807, 2.05) is 0 Å². The molecular formula is C13H7BrFN3O3. The quantitative estimate of drug-likeness (QED) is 0.627. The second-order valence-corrected chi connectivity index (χ2v) is 5.03. The molecule has 1 aromatic carbocycles. The molecule has 2 rings (SSSR count). The van der Waals surface area contributed by atoms with Crippen LogP contribution in [0.15, 0.2) is 39.9 Å². The third kappa shape index (κ3) is 3.14. The van der Waals surface area contributed by atoms with Gasteiger partial charge in [-0.05, 0) is 33.6 Å². The number of rotatable bonds is 3. The van der Waals surface area contributed by atoms with Crippen molar-refractivity contribution in [3.63, 3.8) is 0 Å². The van der Waals surface area contributed by atoms with Crippen molar-refractivity contribution in [3.8, 4) is 6.07 Å².